The summed E-state index contributed by atoms with van der Waals surface area (Å²) in [6.07, 6.45) is 1.23. The zero-order valence-corrected chi connectivity index (χ0v) is 11.5. The zero-order valence-electron chi connectivity index (χ0n) is 9.13. The minimum absolute atomic E-state index is 0.257. The molecule has 1 nitrogen and oxygen atoms in total. The molecule has 1 rings (SSSR count). The lowest BCUT2D eigenvalue weighted by atomic mass is 10.2. The van der Waals surface area contributed by atoms with Crippen LogP contribution < -0.4 is 0 Å². The Balaban J connectivity index is 2.33. The molecular weight excluding hydrogens is 284 g/mol. The van der Waals surface area contributed by atoms with Gasteiger partial charge in [0.05, 0.1) is 5.75 Å². The van der Waals surface area contributed by atoms with Crippen molar-refractivity contribution in [3.8, 4) is 11.8 Å². The van der Waals surface area contributed by atoms with Crippen LogP contribution in [0.4, 0.5) is 0 Å². The Bertz CT molecular complexity index is 417. The van der Waals surface area contributed by atoms with Crippen LogP contribution >= 0.6 is 27.7 Å². The summed E-state index contributed by atoms with van der Waals surface area (Å²) < 4.78 is 1.04. The van der Waals surface area contributed by atoms with Crippen molar-refractivity contribution in [2.24, 2.45) is 0 Å². The zero-order chi connectivity index (χ0) is 11.8. The molecule has 0 aliphatic rings. The van der Waals surface area contributed by atoms with Gasteiger partial charge < -0.3 is 0 Å². The van der Waals surface area contributed by atoms with E-state index in [1.54, 1.807) is 18.7 Å². The van der Waals surface area contributed by atoms with Gasteiger partial charge in [0.2, 0.25) is 0 Å². The molecule has 0 saturated carbocycles. The summed E-state index contributed by atoms with van der Waals surface area (Å²) >= 11 is 4.98. The highest BCUT2D eigenvalue weighted by Gasteiger charge is 2.02. The van der Waals surface area contributed by atoms with Crippen LogP contribution in [0.3, 0.4) is 0 Å². The number of Topliss-reactive ketones (excluding diaryl/α,β-unsaturated/α-hetero) is 1. The van der Waals surface area contributed by atoms with E-state index < -0.39 is 0 Å². The molecule has 0 heterocycles. The molecule has 0 aliphatic heterocycles. The standard InChI is InChI=1S/C13H13BrOS/c1-2-3-4-7-12(15)10-16-13-8-5-6-11(14)9-13/h5-6,8-9H,4,7,10H2,1H3. The third kappa shape index (κ3) is 5.39. The molecule has 0 N–H and O–H groups in total. The van der Waals surface area contributed by atoms with E-state index in [0.29, 0.717) is 18.6 Å². The molecule has 0 aliphatic carbocycles. The second-order valence-electron chi connectivity index (χ2n) is 3.21. The molecule has 0 radical (unpaired) electrons. The van der Waals surface area contributed by atoms with Crippen LogP contribution in [0.25, 0.3) is 0 Å². The van der Waals surface area contributed by atoms with E-state index in [1.165, 1.54) is 0 Å². The van der Waals surface area contributed by atoms with Gasteiger partial charge in [0.15, 0.2) is 0 Å². The second-order valence-corrected chi connectivity index (χ2v) is 5.18. The average molecular weight is 297 g/mol. The SMILES string of the molecule is CC#CCCC(=O)CSc1cccc(Br)c1. The van der Waals surface area contributed by atoms with Crippen LogP contribution in [-0.4, -0.2) is 11.5 Å². The highest BCUT2D eigenvalue weighted by Crippen LogP contribution is 2.22. The van der Waals surface area contributed by atoms with Gasteiger partial charge in [0.1, 0.15) is 5.78 Å². The predicted octanol–water partition coefficient (Wildman–Crippen LogP) is 3.91. The topological polar surface area (TPSA) is 17.1 Å². The molecule has 3 heteroatoms. The summed E-state index contributed by atoms with van der Waals surface area (Å²) in [5.41, 5.74) is 0. The van der Waals surface area contributed by atoms with Crippen LogP contribution in [0, 0.1) is 11.8 Å². The smallest absolute Gasteiger partial charge is 0.144 e. The molecule has 0 atom stereocenters. The summed E-state index contributed by atoms with van der Waals surface area (Å²) in [6, 6.07) is 7.97. The Kier molecular flexibility index (Phi) is 6.29. The van der Waals surface area contributed by atoms with E-state index in [4.69, 9.17) is 0 Å². The number of hydrogen-bond donors (Lipinski definition) is 0. The summed E-state index contributed by atoms with van der Waals surface area (Å²) in [6.45, 7) is 1.79. The maximum atomic E-state index is 11.5. The van der Waals surface area contributed by atoms with Crippen LogP contribution in [0.5, 0.6) is 0 Å². The highest BCUT2D eigenvalue weighted by atomic mass is 79.9. The number of carbonyl (C=O) groups excluding carboxylic acids is 1. The molecule has 0 spiro atoms. The summed E-state index contributed by atoms with van der Waals surface area (Å²) in [5.74, 6) is 6.47. The summed E-state index contributed by atoms with van der Waals surface area (Å²) in [7, 11) is 0. The van der Waals surface area contributed by atoms with Crippen molar-refractivity contribution in [1.29, 1.82) is 0 Å². The molecule has 0 bridgehead atoms. The molecule has 1 aromatic rings. The normalized spacial score (nSPS) is 9.38. The third-order valence-electron chi connectivity index (χ3n) is 1.90. The monoisotopic (exact) mass is 296 g/mol. The van der Waals surface area contributed by atoms with Crippen molar-refractivity contribution in [1.82, 2.24) is 0 Å². The van der Waals surface area contributed by atoms with E-state index in [9.17, 15) is 4.79 Å². The number of carbonyl (C=O) groups is 1. The fraction of sp³-hybridized carbons (Fsp3) is 0.308. The molecule has 16 heavy (non-hydrogen) atoms. The number of ketones is 1. The van der Waals surface area contributed by atoms with Gasteiger partial charge >= 0.3 is 0 Å². The van der Waals surface area contributed by atoms with Gasteiger partial charge in [0, 0.05) is 22.2 Å². The molecule has 0 unspecified atom stereocenters. The fourth-order valence-electron chi connectivity index (χ4n) is 1.12. The van der Waals surface area contributed by atoms with E-state index in [1.807, 2.05) is 24.3 Å². The van der Waals surface area contributed by atoms with Gasteiger partial charge in [-0.25, -0.2) is 0 Å². The molecule has 0 fully saturated rings. The van der Waals surface area contributed by atoms with Crippen LogP contribution in [0.1, 0.15) is 19.8 Å². The maximum Gasteiger partial charge on any atom is 0.144 e. The van der Waals surface area contributed by atoms with Gasteiger partial charge in [-0.1, -0.05) is 22.0 Å². The van der Waals surface area contributed by atoms with Crippen LogP contribution in [0.2, 0.25) is 0 Å². The summed E-state index contributed by atoms with van der Waals surface area (Å²) in [5, 5.41) is 0. The number of rotatable bonds is 5. The van der Waals surface area contributed by atoms with E-state index in [-0.39, 0.29) is 5.78 Å². The van der Waals surface area contributed by atoms with Gasteiger partial charge in [-0.3, -0.25) is 4.79 Å². The van der Waals surface area contributed by atoms with Crippen molar-refractivity contribution in [3.05, 3.63) is 28.7 Å². The van der Waals surface area contributed by atoms with Gasteiger partial charge in [-0.2, -0.15) is 0 Å². The summed E-state index contributed by atoms with van der Waals surface area (Å²) in [4.78, 5) is 12.6. The Morgan fingerprint density at radius 2 is 2.31 bits per heavy atom. The minimum atomic E-state index is 0.257. The van der Waals surface area contributed by atoms with Gasteiger partial charge in [-0.05, 0) is 25.1 Å². The first-order valence-corrected chi connectivity index (χ1v) is 6.80. The van der Waals surface area contributed by atoms with E-state index >= 15 is 0 Å². The Morgan fingerprint density at radius 1 is 1.50 bits per heavy atom. The van der Waals surface area contributed by atoms with Crippen molar-refractivity contribution >= 4 is 33.5 Å². The van der Waals surface area contributed by atoms with Crippen molar-refractivity contribution in [3.63, 3.8) is 0 Å². The first-order chi connectivity index (χ1) is 7.72. The quantitative estimate of drug-likeness (QED) is 0.605. The average Bonchev–Trinajstić information content (AvgIpc) is 2.27. The van der Waals surface area contributed by atoms with Crippen molar-refractivity contribution in [2.75, 3.05) is 5.75 Å². The maximum absolute atomic E-state index is 11.5. The highest BCUT2D eigenvalue weighted by molar-refractivity contribution is 9.10. The number of hydrogen-bond acceptors (Lipinski definition) is 2. The molecule has 0 saturated heterocycles. The first kappa shape index (κ1) is 13.3. The lowest BCUT2D eigenvalue weighted by molar-refractivity contribution is -0.116. The molecule has 1 aromatic carbocycles. The molecule has 84 valence electrons. The first-order valence-electron chi connectivity index (χ1n) is 5.02. The Labute approximate surface area is 109 Å². The number of benzene rings is 1. The van der Waals surface area contributed by atoms with E-state index in [2.05, 4.69) is 27.8 Å². The number of halogens is 1. The van der Waals surface area contributed by atoms with E-state index in [0.717, 1.165) is 9.37 Å². The number of thioether (sulfide) groups is 1. The van der Waals surface area contributed by atoms with Crippen LogP contribution in [0.15, 0.2) is 33.6 Å². The predicted molar refractivity (Wildman–Crippen MR) is 72.6 cm³/mol. The van der Waals surface area contributed by atoms with Gasteiger partial charge in [0.25, 0.3) is 0 Å². The Hall–Kier alpha value is -0.720. The second kappa shape index (κ2) is 7.54. The molecule has 0 aromatic heterocycles. The minimum Gasteiger partial charge on any atom is -0.299 e. The van der Waals surface area contributed by atoms with Crippen molar-refractivity contribution < 1.29 is 4.79 Å². The van der Waals surface area contributed by atoms with Crippen molar-refractivity contribution in [2.45, 2.75) is 24.7 Å². The van der Waals surface area contributed by atoms with Crippen LogP contribution in [-0.2, 0) is 4.79 Å². The third-order valence-corrected chi connectivity index (χ3v) is 3.45. The lowest BCUT2D eigenvalue weighted by Gasteiger charge is -2.00. The Morgan fingerprint density at radius 3 is 3.00 bits per heavy atom. The van der Waals surface area contributed by atoms with Gasteiger partial charge in [-0.15, -0.1) is 23.6 Å². The lowest BCUT2D eigenvalue weighted by Crippen LogP contribution is -2.00. The molecule has 0 amide bonds. The fourth-order valence-corrected chi connectivity index (χ4v) is 2.53. The molecular formula is C13H13BrOS. The largest absolute Gasteiger partial charge is 0.299 e.